The van der Waals surface area contributed by atoms with Gasteiger partial charge in [-0.3, -0.25) is 14.4 Å². The van der Waals surface area contributed by atoms with E-state index < -0.39 is 28.7 Å². The summed E-state index contributed by atoms with van der Waals surface area (Å²) in [4.78, 5) is 48.0. The van der Waals surface area contributed by atoms with Crippen molar-refractivity contribution in [3.63, 3.8) is 0 Å². The van der Waals surface area contributed by atoms with Crippen LogP contribution < -0.4 is 0 Å². The molecule has 2 unspecified atom stereocenters. The summed E-state index contributed by atoms with van der Waals surface area (Å²) >= 11 is 1.70. The number of carbonyl (C=O) groups excluding carboxylic acids is 3. The molecule has 0 radical (unpaired) electrons. The van der Waals surface area contributed by atoms with Crippen LogP contribution in [-0.4, -0.2) is 92.4 Å². The van der Waals surface area contributed by atoms with Crippen LogP contribution in [0.4, 0.5) is 0 Å². The normalized spacial score (nSPS) is 32.6. The fraction of sp³-hybridized carbons (Fsp3) is 0.759. The fourth-order valence-corrected chi connectivity index (χ4v) is 9.66. The van der Waals surface area contributed by atoms with E-state index in [4.69, 9.17) is 0 Å². The molecule has 2 bridgehead atoms. The minimum Gasteiger partial charge on any atom is -0.394 e. The van der Waals surface area contributed by atoms with Crippen LogP contribution in [0.15, 0.2) is 25.3 Å². The molecule has 1 N–H and O–H groups in total. The minimum absolute atomic E-state index is 0.0231. The SMILES string of the molecule is C=CCN(C)C(=O)[C@@H]1[C@H]2C(=O)N([C@@H](CO)[C@@H](C)CC)C(C(=O)N(CC=C)C3CCCCC3)C23CC[C@H]1S3. The highest BCUT2D eigenvalue weighted by Crippen LogP contribution is 2.67. The second kappa shape index (κ2) is 11.5. The first-order valence-electron chi connectivity index (χ1n) is 14.1. The molecule has 3 saturated heterocycles. The molecule has 4 aliphatic rings. The Balaban J connectivity index is 1.78. The molecular formula is C29H45N3O4S. The number of amides is 3. The molecule has 8 heteroatoms. The summed E-state index contributed by atoms with van der Waals surface area (Å²) < 4.78 is -0.636. The van der Waals surface area contributed by atoms with Gasteiger partial charge in [0.15, 0.2) is 0 Å². The predicted octanol–water partition coefficient (Wildman–Crippen LogP) is 3.48. The average molecular weight is 532 g/mol. The molecule has 3 aliphatic heterocycles. The van der Waals surface area contributed by atoms with Crippen molar-refractivity contribution in [2.45, 2.75) is 93.3 Å². The van der Waals surface area contributed by atoms with E-state index >= 15 is 0 Å². The standard InChI is InChI=1S/C29H45N3O4S/c1-6-16-30(5)26(34)23-22-14-15-29(37-22)24(23)27(35)32(21(18-33)19(4)8-3)25(29)28(36)31(17-7-2)20-12-10-9-11-13-20/h6-7,19-25,33H,1-2,8-18H2,3-5H3/t19-,21-,22+,23-,24-,25?,29?/m0/s1. The van der Waals surface area contributed by atoms with Crippen molar-refractivity contribution in [3.8, 4) is 0 Å². The zero-order valence-corrected chi connectivity index (χ0v) is 23.6. The first-order chi connectivity index (χ1) is 17.8. The molecule has 7 nitrogen and oxygen atoms in total. The number of likely N-dealkylation sites (N-methyl/N-ethyl adjacent to an activating group) is 1. The fourth-order valence-electron chi connectivity index (χ4n) is 7.47. The topological polar surface area (TPSA) is 81.2 Å². The van der Waals surface area contributed by atoms with Gasteiger partial charge < -0.3 is 19.8 Å². The summed E-state index contributed by atoms with van der Waals surface area (Å²) in [7, 11) is 1.76. The van der Waals surface area contributed by atoms with Gasteiger partial charge in [0.1, 0.15) is 6.04 Å². The molecular weight excluding hydrogens is 486 g/mol. The van der Waals surface area contributed by atoms with E-state index in [0.29, 0.717) is 13.1 Å². The van der Waals surface area contributed by atoms with Crippen LogP contribution in [0.25, 0.3) is 0 Å². The number of hydrogen-bond donors (Lipinski definition) is 1. The van der Waals surface area contributed by atoms with Gasteiger partial charge in [-0.1, -0.05) is 51.7 Å². The van der Waals surface area contributed by atoms with Gasteiger partial charge in [-0.15, -0.1) is 24.9 Å². The van der Waals surface area contributed by atoms with Crippen molar-refractivity contribution in [1.29, 1.82) is 0 Å². The van der Waals surface area contributed by atoms with E-state index in [0.717, 1.165) is 44.9 Å². The number of aliphatic hydroxyl groups excluding tert-OH is 1. The highest BCUT2D eigenvalue weighted by atomic mass is 32.2. The third-order valence-corrected chi connectivity index (χ3v) is 11.5. The van der Waals surface area contributed by atoms with Crippen LogP contribution in [0.3, 0.4) is 0 Å². The molecule has 1 saturated carbocycles. The maximum atomic E-state index is 14.6. The summed E-state index contributed by atoms with van der Waals surface area (Å²) in [5.41, 5.74) is 0. The van der Waals surface area contributed by atoms with E-state index in [1.807, 2.05) is 18.7 Å². The molecule has 1 aliphatic carbocycles. The second-order valence-corrected chi connectivity index (χ2v) is 13.1. The van der Waals surface area contributed by atoms with Crippen molar-refractivity contribution in [1.82, 2.24) is 14.7 Å². The number of carbonyl (C=O) groups is 3. The molecule has 4 rings (SSSR count). The Bertz CT molecular complexity index is 906. The predicted molar refractivity (Wildman–Crippen MR) is 148 cm³/mol. The lowest BCUT2D eigenvalue weighted by atomic mass is 9.70. The van der Waals surface area contributed by atoms with E-state index in [-0.39, 0.29) is 41.5 Å². The zero-order chi connectivity index (χ0) is 26.9. The van der Waals surface area contributed by atoms with E-state index in [1.165, 1.54) is 6.42 Å². The third-order valence-electron chi connectivity index (χ3n) is 9.51. The maximum Gasteiger partial charge on any atom is 0.247 e. The summed E-state index contributed by atoms with van der Waals surface area (Å²) in [6, 6.07) is -0.984. The van der Waals surface area contributed by atoms with Gasteiger partial charge >= 0.3 is 0 Å². The number of thioether (sulfide) groups is 1. The lowest BCUT2D eigenvalue weighted by Crippen LogP contribution is -2.60. The molecule has 4 fully saturated rings. The van der Waals surface area contributed by atoms with E-state index in [9.17, 15) is 19.5 Å². The van der Waals surface area contributed by atoms with Gasteiger partial charge in [-0.05, 0) is 31.6 Å². The number of fused-ring (bicyclic) bond motifs is 1. The number of hydrogen-bond acceptors (Lipinski definition) is 5. The van der Waals surface area contributed by atoms with Crippen molar-refractivity contribution >= 4 is 29.5 Å². The minimum atomic E-state index is -0.671. The first-order valence-corrected chi connectivity index (χ1v) is 15.0. The van der Waals surface area contributed by atoms with E-state index in [1.54, 1.807) is 40.8 Å². The van der Waals surface area contributed by atoms with E-state index in [2.05, 4.69) is 13.2 Å². The van der Waals surface area contributed by atoms with Crippen LogP contribution in [0, 0.1) is 17.8 Å². The van der Waals surface area contributed by atoms with Gasteiger partial charge in [0.05, 0.1) is 29.2 Å². The average Bonchev–Trinajstić information content (AvgIpc) is 3.55. The number of aliphatic hydroxyl groups is 1. The molecule has 37 heavy (non-hydrogen) atoms. The Morgan fingerprint density at radius 3 is 2.43 bits per heavy atom. The van der Waals surface area contributed by atoms with Gasteiger partial charge in [-0.25, -0.2) is 0 Å². The molecule has 0 aromatic carbocycles. The summed E-state index contributed by atoms with van der Waals surface area (Å²) in [6.07, 6.45) is 11.2. The molecule has 0 aromatic rings. The Kier molecular flexibility index (Phi) is 8.79. The summed E-state index contributed by atoms with van der Waals surface area (Å²) in [5.74, 6) is -1.15. The highest BCUT2D eigenvalue weighted by molar-refractivity contribution is 8.02. The lowest BCUT2D eigenvalue weighted by molar-refractivity contribution is -0.149. The van der Waals surface area contributed by atoms with Crippen LogP contribution >= 0.6 is 11.8 Å². The number of nitrogens with zero attached hydrogens (tertiary/aromatic N) is 3. The number of rotatable bonds is 11. The Hall–Kier alpha value is -1.80. The largest absolute Gasteiger partial charge is 0.394 e. The highest BCUT2D eigenvalue weighted by Gasteiger charge is 2.74. The van der Waals surface area contributed by atoms with Crippen LogP contribution in [-0.2, 0) is 14.4 Å². The smallest absolute Gasteiger partial charge is 0.247 e. The van der Waals surface area contributed by atoms with Crippen LogP contribution in [0.5, 0.6) is 0 Å². The Morgan fingerprint density at radius 2 is 1.84 bits per heavy atom. The van der Waals surface area contributed by atoms with Gasteiger partial charge in [-0.2, -0.15) is 0 Å². The van der Waals surface area contributed by atoms with Crippen molar-refractivity contribution in [2.75, 3.05) is 26.7 Å². The molecule has 0 aromatic heterocycles. The zero-order valence-electron chi connectivity index (χ0n) is 22.8. The third kappa shape index (κ3) is 4.66. The maximum absolute atomic E-state index is 14.6. The quantitative estimate of drug-likeness (QED) is 0.413. The van der Waals surface area contributed by atoms with Crippen molar-refractivity contribution in [2.24, 2.45) is 17.8 Å². The molecule has 3 heterocycles. The summed E-state index contributed by atoms with van der Waals surface area (Å²) in [5, 5.41) is 10.6. The van der Waals surface area contributed by atoms with Gasteiger partial charge in [0.2, 0.25) is 17.7 Å². The summed E-state index contributed by atoms with van der Waals surface area (Å²) in [6.45, 7) is 12.5. The van der Waals surface area contributed by atoms with Crippen LogP contribution in [0.2, 0.25) is 0 Å². The molecule has 3 amide bonds. The first kappa shape index (κ1) is 28.2. The van der Waals surface area contributed by atoms with Crippen molar-refractivity contribution in [3.05, 3.63) is 25.3 Å². The van der Waals surface area contributed by atoms with Crippen LogP contribution in [0.1, 0.15) is 65.2 Å². The van der Waals surface area contributed by atoms with Gasteiger partial charge in [0, 0.05) is 31.4 Å². The molecule has 7 atom stereocenters. The second-order valence-electron chi connectivity index (χ2n) is 11.5. The lowest BCUT2D eigenvalue weighted by Gasteiger charge is -2.43. The molecule has 206 valence electrons. The number of likely N-dealkylation sites (tertiary alicyclic amines) is 1. The van der Waals surface area contributed by atoms with Gasteiger partial charge in [0.25, 0.3) is 0 Å². The monoisotopic (exact) mass is 531 g/mol. The van der Waals surface area contributed by atoms with Crippen molar-refractivity contribution < 1.29 is 19.5 Å². The molecule has 1 spiro atoms. The Labute approximate surface area is 226 Å². The Morgan fingerprint density at radius 1 is 1.16 bits per heavy atom.